The normalized spacial score (nSPS) is 19.4. The molecule has 2 N–H and O–H groups in total. The maximum atomic E-state index is 9.37. The summed E-state index contributed by atoms with van der Waals surface area (Å²) < 4.78 is 0. The van der Waals surface area contributed by atoms with Crippen molar-refractivity contribution in [2.75, 3.05) is 0 Å². The Kier molecular flexibility index (Phi) is 3.75. The lowest BCUT2D eigenvalue weighted by molar-refractivity contribution is 0.415. The maximum Gasteiger partial charge on any atom is 0.115 e. The molecule has 0 saturated heterocycles. The Morgan fingerprint density at radius 3 is 2.65 bits per heavy atom. The van der Waals surface area contributed by atoms with Crippen molar-refractivity contribution in [3.63, 3.8) is 0 Å². The molecular formula is C18H21NO. The van der Waals surface area contributed by atoms with Crippen LogP contribution in [0.2, 0.25) is 0 Å². The van der Waals surface area contributed by atoms with Crippen LogP contribution in [0.25, 0.3) is 0 Å². The molecule has 0 amide bonds. The van der Waals surface area contributed by atoms with Gasteiger partial charge in [0.1, 0.15) is 5.75 Å². The molecule has 1 aliphatic rings. The van der Waals surface area contributed by atoms with E-state index in [4.69, 9.17) is 0 Å². The molecule has 104 valence electrons. The minimum absolute atomic E-state index is 0.284. The Labute approximate surface area is 120 Å². The number of aromatic hydroxyl groups is 1. The summed E-state index contributed by atoms with van der Waals surface area (Å²) in [4.78, 5) is 0. The van der Waals surface area contributed by atoms with E-state index in [9.17, 15) is 5.11 Å². The predicted molar refractivity (Wildman–Crippen MR) is 81.8 cm³/mol. The molecule has 2 unspecified atom stereocenters. The van der Waals surface area contributed by atoms with Crippen LogP contribution < -0.4 is 5.32 Å². The minimum Gasteiger partial charge on any atom is -0.508 e. The highest BCUT2D eigenvalue weighted by molar-refractivity contribution is 5.33. The lowest BCUT2D eigenvalue weighted by atomic mass is 9.87. The summed E-state index contributed by atoms with van der Waals surface area (Å²) in [6, 6.07) is 16.9. The van der Waals surface area contributed by atoms with Gasteiger partial charge in [-0.3, -0.25) is 0 Å². The van der Waals surface area contributed by atoms with Crippen LogP contribution in [-0.4, -0.2) is 5.11 Å². The zero-order valence-electron chi connectivity index (χ0n) is 11.8. The molecule has 3 rings (SSSR count). The van der Waals surface area contributed by atoms with Crippen molar-refractivity contribution in [2.45, 2.75) is 38.3 Å². The van der Waals surface area contributed by atoms with Crippen LogP contribution in [0.5, 0.6) is 5.75 Å². The fourth-order valence-electron chi connectivity index (χ4n) is 3.09. The summed E-state index contributed by atoms with van der Waals surface area (Å²) in [6.07, 6.45) is 3.64. The second kappa shape index (κ2) is 5.68. The Morgan fingerprint density at radius 1 is 1.10 bits per heavy atom. The Morgan fingerprint density at radius 2 is 1.85 bits per heavy atom. The fraction of sp³-hybridized carbons (Fsp3) is 0.333. The lowest BCUT2D eigenvalue weighted by Crippen LogP contribution is -2.27. The summed E-state index contributed by atoms with van der Waals surface area (Å²) in [5.41, 5.74) is 4.14. The van der Waals surface area contributed by atoms with Crippen LogP contribution in [0, 0.1) is 0 Å². The molecule has 0 fully saturated rings. The number of hydrogen-bond donors (Lipinski definition) is 2. The molecule has 0 aliphatic heterocycles. The summed E-state index contributed by atoms with van der Waals surface area (Å²) in [6.45, 7) is 2.18. The topological polar surface area (TPSA) is 32.3 Å². The zero-order valence-corrected chi connectivity index (χ0v) is 11.8. The van der Waals surface area contributed by atoms with Gasteiger partial charge in [0.25, 0.3) is 0 Å². The summed E-state index contributed by atoms with van der Waals surface area (Å²) in [7, 11) is 0. The van der Waals surface area contributed by atoms with Crippen molar-refractivity contribution in [2.24, 2.45) is 0 Å². The molecular weight excluding hydrogens is 246 g/mol. The van der Waals surface area contributed by atoms with Crippen molar-refractivity contribution in [1.29, 1.82) is 0 Å². The van der Waals surface area contributed by atoms with Crippen LogP contribution in [0.4, 0.5) is 0 Å². The third-order valence-electron chi connectivity index (χ3n) is 4.21. The number of nitrogens with one attached hydrogen (secondary N) is 1. The number of aryl methyl sites for hydroxylation is 1. The van der Waals surface area contributed by atoms with E-state index >= 15 is 0 Å². The van der Waals surface area contributed by atoms with Gasteiger partial charge in [0.15, 0.2) is 0 Å². The number of rotatable bonds is 3. The predicted octanol–water partition coefficient (Wildman–Crippen LogP) is 4.12. The van der Waals surface area contributed by atoms with Gasteiger partial charge < -0.3 is 10.4 Å². The van der Waals surface area contributed by atoms with Crippen LogP contribution >= 0.6 is 0 Å². The standard InChI is InChI=1S/C18H21NO/c1-13(14-9-11-16(20)12-10-14)19-18-8-4-6-15-5-2-3-7-17(15)18/h2-3,5,7,9-13,18-20H,4,6,8H2,1H3. The molecule has 1 aliphatic carbocycles. The van der Waals surface area contributed by atoms with E-state index < -0.39 is 0 Å². The fourth-order valence-corrected chi connectivity index (χ4v) is 3.09. The second-order valence-corrected chi connectivity index (χ2v) is 5.62. The average molecular weight is 267 g/mol. The number of phenols is 1. The van der Waals surface area contributed by atoms with Crippen LogP contribution in [0.3, 0.4) is 0 Å². The highest BCUT2D eigenvalue weighted by Crippen LogP contribution is 2.31. The second-order valence-electron chi connectivity index (χ2n) is 5.62. The quantitative estimate of drug-likeness (QED) is 0.876. The first kappa shape index (κ1) is 13.2. The van der Waals surface area contributed by atoms with Crippen molar-refractivity contribution in [1.82, 2.24) is 5.32 Å². The molecule has 0 spiro atoms. The molecule has 0 saturated carbocycles. The van der Waals surface area contributed by atoms with E-state index in [-0.39, 0.29) is 6.04 Å². The van der Waals surface area contributed by atoms with Crippen molar-refractivity contribution in [3.05, 3.63) is 65.2 Å². The summed E-state index contributed by atoms with van der Waals surface area (Å²) in [5, 5.41) is 13.1. The Hall–Kier alpha value is -1.80. The van der Waals surface area contributed by atoms with Gasteiger partial charge in [-0.2, -0.15) is 0 Å². The number of hydrogen-bond acceptors (Lipinski definition) is 2. The largest absolute Gasteiger partial charge is 0.508 e. The highest BCUT2D eigenvalue weighted by atomic mass is 16.3. The number of fused-ring (bicyclic) bond motifs is 1. The molecule has 0 bridgehead atoms. The number of benzene rings is 2. The van der Waals surface area contributed by atoms with Gasteiger partial charge in [-0.25, -0.2) is 0 Å². The van der Waals surface area contributed by atoms with Gasteiger partial charge in [-0.1, -0.05) is 36.4 Å². The molecule has 2 aromatic carbocycles. The van der Waals surface area contributed by atoms with Crippen LogP contribution in [0.1, 0.15) is 48.5 Å². The van der Waals surface area contributed by atoms with Crippen molar-refractivity contribution in [3.8, 4) is 5.75 Å². The molecule has 2 heteroatoms. The zero-order chi connectivity index (χ0) is 13.9. The van der Waals surface area contributed by atoms with Gasteiger partial charge in [-0.05, 0) is 55.0 Å². The SMILES string of the molecule is CC(NC1CCCc2ccccc21)c1ccc(O)cc1. The molecule has 0 aromatic heterocycles. The van der Waals surface area contributed by atoms with E-state index in [1.165, 1.54) is 36.0 Å². The lowest BCUT2D eigenvalue weighted by Gasteiger charge is -2.29. The van der Waals surface area contributed by atoms with Gasteiger partial charge in [0.2, 0.25) is 0 Å². The molecule has 2 atom stereocenters. The van der Waals surface area contributed by atoms with Gasteiger partial charge >= 0.3 is 0 Å². The summed E-state index contributed by atoms with van der Waals surface area (Å²) >= 11 is 0. The average Bonchev–Trinajstić information content (AvgIpc) is 2.48. The first-order chi connectivity index (χ1) is 9.74. The third kappa shape index (κ3) is 2.70. The van der Waals surface area contributed by atoms with E-state index in [1.807, 2.05) is 12.1 Å². The minimum atomic E-state index is 0.284. The van der Waals surface area contributed by atoms with E-state index in [0.29, 0.717) is 11.8 Å². The molecule has 0 heterocycles. The van der Waals surface area contributed by atoms with Crippen LogP contribution in [-0.2, 0) is 6.42 Å². The van der Waals surface area contributed by atoms with Crippen LogP contribution in [0.15, 0.2) is 48.5 Å². The van der Waals surface area contributed by atoms with E-state index in [0.717, 1.165) is 0 Å². The molecule has 0 radical (unpaired) electrons. The van der Waals surface area contributed by atoms with Crippen molar-refractivity contribution >= 4 is 0 Å². The monoisotopic (exact) mass is 267 g/mol. The molecule has 2 nitrogen and oxygen atoms in total. The molecule has 2 aromatic rings. The van der Waals surface area contributed by atoms with Gasteiger partial charge in [-0.15, -0.1) is 0 Å². The number of phenolic OH excluding ortho intramolecular Hbond substituents is 1. The Bertz CT molecular complexity index is 576. The first-order valence-corrected chi connectivity index (χ1v) is 7.37. The highest BCUT2D eigenvalue weighted by Gasteiger charge is 2.21. The van der Waals surface area contributed by atoms with E-state index in [2.05, 4.69) is 36.5 Å². The first-order valence-electron chi connectivity index (χ1n) is 7.37. The van der Waals surface area contributed by atoms with Gasteiger partial charge in [0, 0.05) is 12.1 Å². The third-order valence-corrected chi connectivity index (χ3v) is 4.21. The Balaban J connectivity index is 1.77. The van der Waals surface area contributed by atoms with Gasteiger partial charge in [0.05, 0.1) is 0 Å². The molecule has 20 heavy (non-hydrogen) atoms. The summed E-state index contributed by atoms with van der Waals surface area (Å²) in [5.74, 6) is 0.323. The van der Waals surface area contributed by atoms with E-state index in [1.54, 1.807) is 12.1 Å². The van der Waals surface area contributed by atoms with Crippen molar-refractivity contribution < 1.29 is 5.11 Å². The maximum absolute atomic E-state index is 9.37. The smallest absolute Gasteiger partial charge is 0.115 e.